The third-order valence-electron chi connectivity index (χ3n) is 6.21. The van der Waals surface area contributed by atoms with Crippen LogP contribution in [0, 0.1) is 11.8 Å². The van der Waals surface area contributed by atoms with Crippen molar-refractivity contribution in [1.82, 2.24) is 20.6 Å². The third kappa shape index (κ3) is 6.36. The Kier molecular flexibility index (Phi) is 8.40. The van der Waals surface area contributed by atoms with E-state index >= 15 is 0 Å². The number of carbonyl (C=O) groups is 1. The Labute approximate surface area is 167 Å². The molecule has 0 aromatic carbocycles. The summed E-state index contributed by atoms with van der Waals surface area (Å²) in [4.78, 5) is 12.4. The third-order valence-corrected chi connectivity index (χ3v) is 6.21. The molecule has 1 heterocycles. The predicted octanol–water partition coefficient (Wildman–Crippen LogP) is 4.10. The second-order valence-electron chi connectivity index (χ2n) is 8.29. The van der Waals surface area contributed by atoms with Gasteiger partial charge in [-0.3, -0.25) is 4.79 Å². The number of carbonyl (C=O) groups excluding carboxylic acids is 1. The van der Waals surface area contributed by atoms with Crippen molar-refractivity contribution < 1.29 is 9.90 Å². The zero-order valence-corrected chi connectivity index (χ0v) is 16.9. The lowest BCUT2D eigenvalue weighted by atomic mass is 9.84. The van der Waals surface area contributed by atoms with Crippen LogP contribution >= 0.6 is 0 Å². The van der Waals surface area contributed by atoms with E-state index in [1.165, 1.54) is 5.57 Å². The van der Waals surface area contributed by atoms with Crippen LogP contribution in [-0.4, -0.2) is 37.6 Å². The minimum Gasteiger partial charge on any atom is -0.392 e. The van der Waals surface area contributed by atoms with Crippen LogP contribution < -0.4 is 0 Å². The number of hydrogen-bond donors (Lipinski definition) is 2. The van der Waals surface area contributed by atoms with Gasteiger partial charge >= 0.3 is 0 Å². The van der Waals surface area contributed by atoms with Crippen LogP contribution in [0.5, 0.6) is 0 Å². The number of rotatable bonds is 12. The molecule has 0 saturated heterocycles. The monoisotopic (exact) mass is 386 g/mol. The van der Waals surface area contributed by atoms with Crippen molar-refractivity contribution in [3.63, 3.8) is 0 Å². The van der Waals surface area contributed by atoms with E-state index < -0.39 is 6.10 Å². The van der Waals surface area contributed by atoms with Gasteiger partial charge in [0.15, 0.2) is 5.82 Å². The molecule has 1 aromatic heterocycles. The fourth-order valence-corrected chi connectivity index (χ4v) is 4.67. The number of nitrogens with one attached hydrogen (secondary N) is 1. The van der Waals surface area contributed by atoms with Gasteiger partial charge < -0.3 is 5.11 Å². The van der Waals surface area contributed by atoms with Crippen LogP contribution in [0.15, 0.2) is 23.8 Å². The lowest BCUT2D eigenvalue weighted by molar-refractivity contribution is -0.125. The number of Topliss-reactive ketones (excluding diaryl/α,β-unsaturated/α-hetero) is 1. The molecule has 3 rings (SSSR count). The van der Waals surface area contributed by atoms with Gasteiger partial charge in [-0.25, -0.2) is 0 Å². The van der Waals surface area contributed by atoms with E-state index in [1.54, 1.807) is 0 Å². The quantitative estimate of drug-likeness (QED) is 0.528. The molecule has 1 unspecified atom stereocenters. The number of unbranched alkanes of at least 4 members (excludes halogenated alkanes) is 3. The molecule has 1 saturated carbocycles. The fourth-order valence-electron chi connectivity index (χ4n) is 4.67. The normalized spacial score (nSPS) is 23.2. The molecule has 2 aliphatic carbocycles. The summed E-state index contributed by atoms with van der Waals surface area (Å²) in [5, 5.41) is 24.7. The van der Waals surface area contributed by atoms with Gasteiger partial charge in [-0.2, -0.15) is 5.21 Å². The molecular weight excluding hydrogens is 352 g/mol. The molecule has 2 N–H and O–H groups in total. The number of nitrogens with zero attached hydrogens (tertiary/aromatic N) is 3. The first kappa shape index (κ1) is 20.9. The van der Waals surface area contributed by atoms with Gasteiger partial charge in [-0.05, 0) is 57.3 Å². The number of aromatic amines is 1. The SMILES string of the molecule is O=C1CC[C@H](CCCCCCc2nn[nH]n2)[C@@H]1C(O)CCCC1=CCCC=C1. The molecule has 3 atom stereocenters. The highest BCUT2D eigenvalue weighted by molar-refractivity contribution is 5.83. The molecule has 0 amide bonds. The van der Waals surface area contributed by atoms with Crippen molar-refractivity contribution in [1.29, 1.82) is 0 Å². The van der Waals surface area contributed by atoms with Crippen molar-refractivity contribution in [3.05, 3.63) is 29.6 Å². The zero-order chi connectivity index (χ0) is 19.6. The number of tetrazole rings is 1. The second kappa shape index (κ2) is 11.2. The maximum absolute atomic E-state index is 12.4. The van der Waals surface area contributed by atoms with Gasteiger partial charge in [-0.15, -0.1) is 10.2 Å². The number of aliphatic hydroxyl groups is 1. The van der Waals surface area contributed by atoms with Crippen LogP contribution in [0.3, 0.4) is 0 Å². The molecule has 0 radical (unpaired) electrons. The zero-order valence-electron chi connectivity index (χ0n) is 16.9. The average molecular weight is 387 g/mol. The minimum atomic E-state index is -0.466. The summed E-state index contributed by atoms with van der Waals surface area (Å²) in [7, 11) is 0. The Bertz CT molecular complexity index is 654. The highest BCUT2D eigenvalue weighted by Gasteiger charge is 2.38. The molecular formula is C22H34N4O2. The summed E-state index contributed by atoms with van der Waals surface area (Å²) in [6, 6.07) is 0. The summed E-state index contributed by atoms with van der Waals surface area (Å²) in [5.74, 6) is 1.30. The molecule has 154 valence electrons. The molecule has 1 aromatic rings. The van der Waals surface area contributed by atoms with E-state index in [1.807, 2.05) is 0 Å². The van der Waals surface area contributed by atoms with Crippen LogP contribution in [-0.2, 0) is 11.2 Å². The van der Waals surface area contributed by atoms with Crippen LogP contribution in [0.1, 0.15) is 82.9 Å². The van der Waals surface area contributed by atoms with E-state index in [-0.39, 0.29) is 11.7 Å². The van der Waals surface area contributed by atoms with Gasteiger partial charge in [0.1, 0.15) is 5.78 Å². The van der Waals surface area contributed by atoms with E-state index in [4.69, 9.17) is 0 Å². The molecule has 6 nitrogen and oxygen atoms in total. The number of aromatic nitrogens is 4. The number of aryl methyl sites for hydroxylation is 1. The van der Waals surface area contributed by atoms with Crippen molar-refractivity contribution in [2.75, 3.05) is 0 Å². The molecule has 28 heavy (non-hydrogen) atoms. The Morgan fingerprint density at radius 1 is 1.14 bits per heavy atom. The van der Waals surface area contributed by atoms with Crippen LogP contribution in [0.4, 0.5) is 0 Å². The van der Waals surface area contributed by atoms with E-state index in [9.17, 15) is 9.90 Å². The number of H-pyrrole nitrogens is 1. The highest BCUT2D eigenvalue weighted by Crippen LogP contribution is 2.36. The topological polar surface area (TPSA) is 91.8 Å². The predicted molar refractivity (Wildman–Crippen MR) is 109 cm³/mol. The van der Waals surface area contributed by atoms with Crippen molar-refractivity contribution >= 4 is 5.78 Å². The smallest absolute Gasteiger partial charge is 0.174 e. The number of aliphatic hydroxyl groups excluding tert-OH is 1. The first-order chi connectivity index (χ1) is 13.7. The lowest BCUT2D eigenvalue weighted by Crippen LogP contribution is -2.29. The van der Waals surface area contributed by atoms with Gasteiger partial charge in [-0.1, -0.05) is 48.3 Å². The molecule has 2 aliphatic rings. The van der Waals surface area contributed by atoms with Crippen molar-refractivity contribution in [2.24, 2.45) is 11.8 Å². The molecule has 0 aliphatic heterocycles. The highest BCUT2D eigenvalue weighted by atomic mass is 16.3. The van der Waals surface area contributed by atoms with E-state index in [2.05, 4.69) is 38.9 Å². The maximum atomic E-state index is 12.4. The lowest BCUT2D eigenvalue weighted by Gasteiger charge is -2.24. The summed E-state index contributed by atoms with van der Waals surface area (Å²) in [6.45, 7) is 0. The first-order valence-electron chi connectivity index (χ1n) is 11.0. The fraction of sp³-hybridized carbons (Fsp3) is 0.727. The Hall–Kier alpha value is -1.82. The summed E-state index contributed by atoms with van der Waals surface area (Å²) < 4.78 is 0. The minimum absolute atomic E-state index is 0.129. The number of hydrogen-bond acceptors (Lipinski definition) is 5. The Balaban J connectivity index is 1.32. The van der Waals surface area contributed by atoms with Crippen LogP contribution in [0.25, 0.3) is 0 Å². The van der Waals surface area contributed by atoms with Crippen molar-refractivity contribution in [2.45, 2.75) is 89.6 Å². The Morgan fingerprint density at radius 2 is 2.04 bits per heavy atom. The van der Waals surface area contributed by atoms with Gasteiger partial charge in [0.25, 0.3) is 0 Å². The van der Waals surface area contributed by atoms with E-state index in [0.717, 1.165) is 82.9 Å². The molecule has 0 spiro atoms. The van der Waals surface area contributed by atoms with Crippen LogP contribution in [0.2, 0.25) is 0 Å². The second-order valence-corrected chi connectivity index (χ2v) is 8.29. The van der Waals surface area contributed by atoms with Gasteiger partial charge in [0.05, 0.1) is 6.10 Å². The number of ketones is 1. The largest absolute Gasteiger partial charge is 0.392 e. The van der Waals surface area contributed by atoms with Gasteiger partial charge in [0.2, 0.25) is 0 Å². The van der Waals surface area contributed by atoms with Crippen molar-refractivity contribution in [3.8, 4) is 0 Å². The average Bonchev–Trinajstić information content (AvgIpc) is 3.35. The summed E-state index contributed by atoms with van der Waals surface area (Å²) in [5.41, 5.74) is 1.38. The Morgan fingerprint density at radius 3 is 2.82 bits per heavy atom. The molecule has 1 fully saturated rings. The summed E-state index contributed by atoms with van der Waals surface area (Å²) >= 11 is 0. The standard InChI is InChI=1S/C22H34N4O2/c27-19(13-8-11-17-9-4-3-5-10-17)22-18(15-16-20(22)28)12-6-1-2-7-14-21-23-25-26-24-21/h4,9-10,18-19,22,27H,1-3,5-8,11-16H2,(H,23,24,25,26)/t18-,19?,22+/m0/s1. The number of allylic oxidation sites excluding steroid dienone is 4. The van der Waals surface area contributed by atoms with Gasteiger partial charge in [0, 0.05) is 18.8 Å². The van der Waals surface area contributed by atoms with E-state index in [0.29, 0.717) is 12.3 Å². The first-order valence-corrected chi connectivity index (χ1v) is 11.0. The molecule has 6 heteroatoms. The summed E-state index contributed by atoms with van der Waals surface area (Å²) in [6.07, 6.45) is 19.3. The molecule has 0 bridgehead atoms. The maximum Gasteiger partial charge on any atom is 0.174 e.